The summed E-state index contributed by atoms with van der Waals surface area (Å²) in [6.45, 7) is 0. The molecule has 0 aromatic heterocycles. The number of carbonyl (C=O) groups excluding carboxylic acids is 2. The van der Waals surface area contributed by atoms with Gasteiger partial charge in [0.15, 0.2) is 0 Å². The van der Waals surface area contributed by atoms with Gasteiger partial charge < -0.3 is 10.1 Å². The van der Waals surface area contributed by atoms with Crippen LogP contribution in [0, 0.1) is 0 Å². The molecule has 3 rings (SSSR count). The number of ether oxygens (including phenoxy) is 1. The molecule has 1 aliphatic heterocycles. The van der Waals surface area contributed by atoms with E-state index in [9.17, 15) is 9.59 Å². The van der Waals surface area contributed by atoms with E-state index in [2.05, 4.69) is 10.6 Å². The van der Waals surface area contributed by atoms with Gasteiger partial charge in [-0.25, -0.2) is 4.79 Å². The number of hydrogen-bond acceptors (Lipinski definition) is 3. The average molecular weight is 274 g/mol. The second-order valence-corrected chi connectivity index (χ2v) is 5.45. The zero-order valence-corrected chi connectivity index (χ0v) is 11.4. The Balaban J connectivity index is 1.96. The molecule has 2 N–H and O–H groups in total. The molecule has 1 aliphatic carbocycles. The Morgan fingerprint density at radius 1 is 1.20 bits per heavy atom. The van der Waals surface area contributed by atoms with Crippen LogP contribution < -0.4 is 15.4 Å². The Bertz CT molecular complexity index is 541. The van der Waals surface area contributed by atoms with Crippen LogP contribution in [-0.2, 0) is 4.79 Å². The topological polar surface area (TPSA) is 67.4 Å². The lowest BCUT2D eigenvalue weighted by molar-refractivity contribution is -0.125. The average Bonchev–Trinajstić information content (AvgIpc) is 2.74. The molecule has 5 nitrogen and oxygen atoms in total. The molecule has 1 saturated heterocycles. The summed E-state index contributed by atoms with van der Waals surface area (Å²) in [7, 11) is 1.63. The van der Waals surface area contributed by atoms with Crippen molar-refractivity contribution in [3.63, 3.8) is 0 Å². The van der Waals surface area contributed by atoms with Gasteiger partial charge in [-0.2, -0.15) is 0 Å². The van der Waals surface area contributed by atoms with Gasteiger partial charge in [0, 0.05) is 5.92 Å². The maximum absolute atomic E-state index is 12.2. The molecule has 1 heterocycles. The van der Waals surface area contributed by atoms with Gasteiger partial charge in [-0.05, 0) is 30.5 Å². The molecule has 0 bridgehead atoms. The Morgan fingerprint density at radius 2 is 1.95 bits per heavy atom. The van der Waals surface area contributed by atoms with Crippen LogP contribution in [0.2, 0.25) is 0 Å². The minimum atomic E-state index is -0.774. The van der Waals surface area contributed by atoms with Gasteiger partial charge in [0.2, 0.25) is 0 Å². The van der Waals surface area contributed by atoms with Gasteiger partial charge in [-0.1, -0.05) is 25.0 Å². The van der Waals surface area contributed by atoms with Crippen LogP contribution in [0.25, 0.3) is 0 Å². The van der Waals surface area contributed by atoms with Gasteiger partial charge in [0.05, 0.1) is 7.11 Å². The molecular weight excluding hydrogens is 256 g/mol. The zero-order valence-electron chi connectivity index (χ0n) is 11.4. The third kappa shape index (κ3) is 1.94. The number of nitrogens with one attached hydrogen (secondary N) is 2. The number of urea groups is 1. The van der Waals surface area contributed by atoms with Crippen LogP contribution in [0.4, 0.5) is 4.79 Å². The highest BCUT2D eigenvalue weighted by Crippen LogP contribution is 2.42. The molecular formula is C15H18N2O3. The van der Waals surface area contributed by atoms with Crippen LogP contribution >= 0.6 is 0 Å². The summed E-state index contributed by atoms with van der Waals surface area (Å²) in [6, 6.07) is 7.37. The third-order valence-corrected chi connectivity index (χ3v) is 4.40. The van der Waals surface area contributed by atoms with Crippen molar-refractivity contribution in [2.75, 3.05) is 7.11 Å². The molecule has 2 atom stereocenters. The Kier molecular flexibility index (Phi) is 3.12. The summed E-state index contributed by atoms with van der Waals surface area (Å²) in [6.07, 6.45) is 3.63. The summed E-state index contributed by atoms with van der Waals surface area (Å²) >= 11 is 0. The minimum Gasteiger partial charge on any atom is -0.497 e. The highest BCUT2D eigenvalue weighted by atomic mass is 16.5. The monoisotopic (exact) mass is 274 g/mol. The highest BCUT2D eigenvalue weighted by molar-refractivity contribution is 6.07. The van der Waals surface area contributed by atoms with E-state index in [0.29, 0.717) is 6.42 Å². The van der Waals surface area contributed by atoms with Crippen molar-refractivity contribution in [3.8, 4) is 5.75 Å². The maximum atomic E-state index is 12.2. The Morgan fingerprint density at radius 3 is 2.55 bits per heavy atom. The standard InChI is InChI=1S/C15H18N2O3/c1-20-11-7-5-10(6-8-11)12-4-2-3-9-15(12)13(18)16-14(19)17-15/h5-8,12H,2-4,9H2,1H3,(H2,16,17,18,19). The summed E-state index contributed by atoms with van der Waals surface area (Å²) < 4.78 is 5.16. The summed E-state index contributed by atoms with van der Waals surface area (Å²) in [4.78, 5) is 23.8. The summed E-state index contributed by atoms with van der Waals surface area (Å²) in [5, 5.41) is 5.25. The lowest BCUT2D eigenvalue weighted by atomic mass is 9.69. The van der Waals surface area contributed by atoms with Crippen molar-refractivity contribution in [1.29, 1.82) is 0 Å². The van der Waals surface area contributed by atoms with Crippen molar-refractivity contribution >= 4 is 11.9 Å². The van der Waals surface area contributed by atoms with Crippen LogP contribution in [0.15, 0.2) is 24.3 Å². The fourth-order valence-corrected chi connectivity index (χ4v) is 3.39. The first-order valence-electron chi connectivity index (χ1n) is 6.93. The van der Waals surface area contributed by atoms with Crippen LogP contribution in [0.3, 0.4) is 0 Å². The third-order valence-electron chi connectivity index (χ3n) is 4.40. The molecule has 1 aromatic rings. The van der Waals surface area contributed by atoms with Gasteiger partial charge in [-0.15, -0.1) is 0 Å². The van der Waals surface area contributed by atoms with Crippen LogP contribution in [0.1, 0.15) is 37.2 Å². The first-order chi connectivity index (χ1) is 9.65. The fraction of sp³-hybridized carbons (Fsp3) is 0.467. The van der Waals surface area contributed by atoms with Crippen molar-refractivity contribution in [2.24, 2.45) is 0 Å². The van der Waals surface area contributed by atoms with Gasteiger partial charge >= 0.3 is 6.03 Å². The molecule has 0 radical (unpaired) electrons. The second-order valence-electron chi connectivity index (χ2n) is 5.45. The zero-order chi connectivity index (χ0) is 14.2. The lowest BCUT2D eigenvalue weighted by Gasteiger charge is -2.39. The van der Waals surface area contributed by atoms with Gasteiger partial charge in [0.1, 0.15) is 11.3 Å². The Labute approximate surface area is 117 Å². The molecule has 1 aromatic carbocycles. The summed E-state index contributed by atoms with van der Waals surface area (Å²) in [5.74, 6) is 0.621. The highest BCUT2D eigenvalue weighted by Gasteiger charge is 2.53. The van der Waals surface area contributed by atoms with E-state index < -0.39 is 5.54 Å². The fourth-order valence-electron chi connectivity index (χ4n) is 3.39. The van der Waals surface area contributed by atoms with E-state index in [-0.39, 0.29) is 17.9 Å². The SMILES string of the molecule is COc1ccc(C2CCCCC23NC(=O)NC3=O)cc1. The van der Waals surface area contributed by atoms with E-state index in [1.165, 1.54) is 0 Å². The molecule has 2 aliphatic rings. The van der Waals surface area contributed by atoms with Crippen molar-refractivity contribution in [3.05, 3.63) is 29.8 Å². The first kappa shape index (κ1) is 13.0. The number of methoxy groups -OCH3 is 1. The van der Waals surface area contributed by atoms with E-state index in [4.69, 9.17) is 4.74 Å². The largest absolute Gasteiger partial charge is 0.497 e. The quantitative estimate of drug-likeness (QED) is 0.810. The second kappa shape index (κ2) is 4.81. The van der Waals surface area contributed by atoms with Gasteiger partial charge in [0.25, 0.3) is 5.91 Å². The van der Waals surface area contributed by atoms with Crippen molar-refractivity contribution in [1.82, 2.24) is 10.6 Å². The Hall–Kier alpha value is -2.04. The van der Waals surface area contributed by atoms with Crippen molar-refractivity contribution in [2.45, 2.75) is 37.1 Å². The normalized spacial score (nSPS) is 29.1. The molecule has 5 heteroatoms. The predicted molar refractivity (Wildman–Crippen MR) is 73.6 cm³/mol. The number of rotatable bonds is 2. The smallest absolute Gasteiger partial charge is 0.322 e. The molecule has 1 saturated carbocycles. The van der Waals surface area contributed by atoms with Crippen molar-refractivity contribution < 1.29 is 14.3 Å². The van der Waals surface area contributed by atoms with E-state index in [1.807, 2.05) is 24.3 Å². The molecule has 1 spiro atoms. The molecule has 2 unspecified atom stereocenters. The lowest BCUT2D eigenvalue weighted by Crippen LogP contribution is -2.53. The van der Waals surface area contributed by atoms with Crippen LogP contribution in [0.5, 0.6) is 5.75 Å². The molecule has 3 amide bonds. The number of benzene rings is 1. The van der Waals surface area contributed by atoms with E-state index >= 15 is 0 Å². The summed E-state index contributed by atoms with van der Waals surface area (Å²) in [5.41, 5.74) is 0.298. The number of carbonyl (C=O) groups is 2. The number of hydrogen-bond donors (Lipinski definition) is 2. The molecule has 106 valence electrons. The number of imide groups is 1. The minimum absolute atomic E-state index is 0.0219. The van der Waals surface area contributed by atoms with E-state index in [1.54, 1.807) is 7.11 Å². The molecule has 2 fully saturated rings. The molecule has 20 heavy (non-hydrogen) atoms. The number of amides is 3. The van der Waals surface area contributed by atoms with E-state index in [0.717, 1.165) is 30.6 Å². The first-order valence-corrected chi connectivity index (χ1v) is 6.93. The predicted octanol–water partition coefficient (Wildman–Crippen LogP) is 1.93. The van der Waals surface area contributed by atoms with Crippen LogP contribution in [-0.4, -0.2) is 24.6 Å². The maximum Gasteiger partial charge on any atom is 0.322 e. The van der Waals surface area contributed by atoms with Gasteiger partial charge in [-0.3, -0.25) is 10.1 Å².